The van der Waals surface area contributed by atoms with Gasteiger partial charge in [-0.15, -0.1) is 0 Å². The molecule has 210 valence electrons. The molecule has 0 saturated carbocycles. The lowest BCUT2D eigenvalue weighted by Crippen LogP contribution is -2.62. The van der Waals surface area contributed by atoms with Gasteiger partial charge < -0.3 is 58.4 Å². The monoisotopic (exact) mass is 542 g/mol. The number of carbonyl (C=O) groups is 1. The summed E-state index contributed by atoms with van der Waals surface area (Å²) < 4.78 is 38.2. The number of rotatable bonds is 7. The molecule has 14 heteroatoms. The summed E-state index contributed by atoms with van der Waals surface area (Å²) in [5, 5.41) is 52.0. The summed E-state index contributed by atoms with van der Waals surface area (Å²) >= 11 is 0. The lowest BCUT2D eigenvalue weighted by Gasteiger charge is -2.43. The summed E-state index contributed by atoms with van der Waals surface area (Å²) in [4.78, 5) is 23.4. The van der Waals surface area contributed by atoms with Crippen molar-refractivity contribution in [3.05, 3.63) is 34.7 Å². The zero-order valence-electron chi connectivity index (χ0n) is 20.7. The van der Waals surface area contributed by atoms with Gasteiger partial charge in [-0.2, -0.15) is 0 Å². The van der Waals surface area contributed by atoms with Crippen LogP contribution in [-0.2, 0) is 23.7 Å². The minimum absolute atomic E-state index is 0.0109. The van der Waals surface area contributed by atoms with E-state index in [9.17, 15) is 35.1 Å². The minimum atomic E-state index is -1.70. The van der Waals surface area contributed by atoms with Crippen molar-refractivity contribution < 1.29 is 63.2 Å². The third-order valence-electron chi connectivity index (χ3n) is 6.33. The van der Waals surface area contributed by atoms with Crippen LogP contribution in [0.1, 0.15) is 13.8 Å². The molecule has 2 aromatic rings. The summed E-state index contributed by atoms with van der Waals surface area (Å²) in [5.41, 5.74) is -0.443. The molecule has 1 aromatic carbocycles. The normalized spacial score (nSPS) is 35.6. The molecule has 5 N–H and O–H groups in total. The van der Waals surface area contributed by atoms with Gasteiger partial charge in [0.15, 0.2) is 23.9 Å². The molecule has 14 nitrogen and oxygen atoms in total. The Balaban J connectivity index is 1.57. The Morgan fingerprint density at radius 1 is 0.921 bits per heavy atom. The Kier molecular flexibility index (Phi) is 8.54. The van der Waals surface area contributed by atoms with Crippen LogP contribution in [0, 0.1) is 0 Å². The summed E-state index contributed by atoms with van der Waals surface area (Å²) in [6, 6.07) is 5.65. The van der Waals surface area contributed by atoms with Crippen LogP contribution >= 0.6 is 0 Å². The number of aliphatic hydroxyl groups is 5. The summed E-state index contributed by atoms with van der Waals surface area (Å²) in [7, 11) is 1.37. The second kappa shape index (κ2) is 11.5. The first-order chi connectivity index (χ1) is 18.0. The number of benzene rings is 1. The largest absolute Gasteiger partial charge is 0.493 e. The average Bonchev–Trinajstić information content (AvgIpc) is 2.88. The predicted molar refractivity (Wildman–Crippen MR) is 124 cm³/mol. The van der Waals surface area contributed by atoms with E-state index >= 15 is 0 Å². The molecule has 0 aliphatic carbocycles. The lowest BCUT2D eigenvalue weighted by atomic mass is 9.98. The summed E-state index contributed by atoms with van der Waals surface area (Å²) in [6.07, 6.45) is -14.4. The molecule has 0 unspecified atom stereocenters. The van der Waals surface area contributed by atoms with E-state index in [2.05, 4.69) is 0 Å². The maximum absolute atomic E-state index is 11.7. The molecule has 2 saturated heterocycles. The highest BCUT2D eigenvalue weighted by Gasteiger charge is 2.49. The maximum Gasteiger partial charge on any atom is 0.336 e. The molecular weight excluding hydrogens is 512 g/mol. The van der Waals surface area contributed by atoms with Gasteiger partial charge in [-0.25, -0.2) is 4.79 Å². The Morgan fingerprint density at radius 3 is 2.34 bits per heavy atom. The highest BCUT2D eigenvalue weighted by molar-refractivity contribution is 5.80. The topological polar surface area (TPSA) is 204 Å². The van der Waals surface area contributed by atoms with Crippen molar-refractivity contribution in [3.63, 3.8) is 0 Å². The third-order valence-corrected chi connectivity index (χ3v) is 6.33. The van der Waals surface area contributed by atoms with E-state index in [-0.39, 0.29) is 17.1 Å². The van der Waals surface area contributed by atoms with Gasteiger partial charge in [-0.05, 0) is 19.1 Å². The number of aliphatic hydroxyl groups excluding tert-OH is 5. The minimum Gasteiger partial charge on any atom is -0.493 e. The van der Waals surface area contributed by atoms with E-state index < -0.39 is 79.6 Å². The van der Waals surface area contributed by atoms with Crippen molar-refractivity contribution in [2.75, 3.05) is 13.7 Å². The Hall–Kier alpha value is -2.82. The van der Waals surface area contributed by atoms with Crippen LogP contribution in [0.5, 0.6) is 11.5 Å². The van der Waals surface area contributed by atoms with Crippen molar-refractivity contribution in [3.8, 4) is 11.5 Å². The summed E-state index contributed by atoms with van der Waals surface area (Å²) in [6.45, 7) is 2.10. The van der Waals surface area contributed by atoms with Gasteiger partial charge in [0.25, 0.3) is 0 Å². The zero-order valence-corrected chi connectivity index (χ0v) is 20.7. The molecule has 0 radical (unpaired) electrons. The molecule has 2 fully saturated rings. The van der Waals surface area contributed by atoms with Gasteiger partial charge in [0, 0.05) is 24.4 Å². The first-order valence-electron chi connectivity index (χ1n) is 11.8. The number of fused-ring (bicyclic) bond motifs is 1. The van der Waals surface area contributed by atoms with Crippen LogP contribution in [-0.4, -0.2) is 107 Å². The number of esters is 1. The van der Waals surface area contributed by atoms with Crippen LogP contribution < -0.4 is 15.1 Å². The van der Waals surface area contributed by atoms with Gasteiger partial charge in [-0.3, -0.25) is 4.79 Å². The Bertz CT molecular complexity index is 1180. The van der Waals surface area contributed by atoms with Gasteiger partial charge in [0.05, 0.1) is 19.8 Å². The van der Waals surface area contributed by atoms with Crippen LogP contribution in [0.25, 0.3) is 11.0 Å². The summed E-state index contributed by atoms with van der Waals surface area (Å²) in [5.74, 6) is -0.577. The van der Waals surface area contributed by atoms with E-state index in [1.54, 1.807) is 0 Å². The fourth-order valence-corrected chi connectivity index (χ4v) is 4.25. The zero-order chi connectivity index (χ0) is 27.7. The van der Waals surface area contributed by atoms with E-state index in [1.807, 2.05) is 0 Å². The molecule has 0 bridgehead atoms. The van der Waals surface area contributed by atoms with Gasteiger partial charge in [0.2, 0.25) is 6.29 Å². The first kappa shape index (κ1) is 28.2. The van der Waals surface area contributed by atoms with Crippen molar-refractivity contribution in [2.24, 2.45) is 0 Å². The molecule has 2 aliphatic heterocycles. The number of carbonyl (C=O) groups excluding carboxylic acids is 1. The fourth-order valence-electron chi connectivity index (χ4n) is 4.25. The SMILES string of the molecule is COc1cc2ccc(=O)oc2cc1O[C@@H]1O[C@@H](CO[C@@H]2O[C@H](C)[C@H](O)[C@@H](O)[C@H]2O)[C@@H](O)[C@H](O)[C@H]1OC(C)=O. The standard InChI is InChI=1S/C24H30O14/c1-9-17(27)19(29)21(31)23(34-9)33-8-15-18(28)20(30)22(35-10(2)25)24(38-15)37-14-7-12-11(6-13(14)32-3)4-5-16(26)36-12/h4-7,9,15,17-24,27-31H,8H2,1-3H3/t9-,15+,17+,18-,19-,20+,21-,22-,23-,24-/m1/s1. The molecule has 3 heterocycles. The molecule has 4 rings (SSSR count). The highest BCUT2D eigenvalue weighted by Crippen LogP contribution is 2.35. The van der Waals surface area contributed by atoms with Crippen LogP contribution in [0.3, 0.4) is 0 Å². The van der Waals surface area contributed by atoms with E-state index in [1.165, 1.54) is 38.3 Å². The van der Waals surface area contributed by atoms with E-state index in [0.717, 1.165) is 6.92 Å². The predicted octanol–water partition coefficient (Wildman–Crippen LogP) is -1.60. The second-order valence-electron chi connectivity index (χ2n) is 9.03. The molecule has 2 aliphatic rings. The van der Waals surface area contributed by atoms with Gasteiger partial charge in [-0.1, -0.05) is 0 Å². The van der Waals surface area contributed by atoms with Crippen molar-refractivity contribution >= 4 is 16.9 Å². The molecule has 38 heavy (non-hydrogen) atoms. The van der Waals surface area contributed by atoms with Crippen molar-refractivity contribution in [2.45, 2.75) is 75.3 Å². The van der Waals surface area contributed by atoms with Gasteiger partial charge >= 0.3 is 11.6 Å². The maximum atomic E-state index is 11.7. The van der Waals surface area contributed by atoms with Crippen molar-refractivity contribution in [1.82, 2.24) is 0 Å². The van der Waals surface area contributed by atoms with E-state index in [0.29, 0.717) is 5.39 Å². The Labute approximate surface area is 215 Å². The lowest BCUT2D eigenvalue weighted by molar-refractivity contribution is -0.319. The fraction of sp³-hybridized carbons (Fsp3) is 0.583. The van der Waals surface area contributed by atoms with Crippen LogP contribution in [0.2, 0.25) is 0 Å². The number of hydrogen-bond acceptors (Lipinski definition) is 14. The Morgan fingerprint density at radius 2 is 1.66 bits per heavy atom. The third kappa shape index (κ3) is 5.77. The second-order valence-corrected chi connectivity index (χ2v) is 9.03. The molecular formula is C24H30O14. The van der Waals surface area contributed by atoms with E-state index in [4.69, 9.17) is 32.8 Å². The molecule has 0 spiro atoms. The first-order valence-corrected chi connectivity index (χ1v) is 11.8. The quantitative estimate of drug-likeness (QED) is 0.198. The molecule has 1 aromatic heterocycles. The number of ether oxygens (including phenoxy) is 6. The van der Waals surface area contributed by atoms with Crippen LogP contribution in [0.15, 0.2) is 33.5 Å². The number of hydrogen-bond donors (Lipinski definition) is 5. The van der Waals surface area contributed by atoms with Gasteiger partial charge in [0.1, 0.15) is 42.2 Å². The van der Waals surface area contributed by atoms with Crippen molar-refractivity contribution in [1.29, 1.82) is 0 Å². The highest BCUT2D eigenvalue weighted by atomic mass is 16.7. The van der Waals surface area contributed by atoms with Crippen LogP contribution in [0.4, 0.5) is 0 Å². The molecule has 0 amide bonds. The number of methoxy groups -OCH3 is 1. The molecule has 10 atom stereocenters. The smallest absolute Gasteiger partial charge is 0.336 e. The average molecular weight is 542 g/mol.